The molecule has 17 heavy (non-hydrogen) atoms. The van der Waals surface area contributed by atoms with Crippen LogP contribution in [0.15, 0.2) is 12.1 Å². The van der Waals surface area contributed by atoms with Crippen LogP contribution in [0.25, 0.3) is 0 Å². The van der Waals surface area contributed by atoms with Crippen molar-refractivity contribution in [2.75, 3.05) is 18.5 Å². The highest BCUT2D eigenvalue weighted by atomic mass is 35.5. The van der Waals surface area contributed by atoms with Gasteiger partial charge in [0.15, 0.2) is 5.75 Å². The molecule has 0 saturated carbocycles. The van der Waals surface area contributed by atoms with E-state index < -0.39 is 0 Å². The smallest absolute Gasteiger partial charge is 0.250 e. The molecular weight excluding hydrogens is 265 g/mol. The highest BCUT2D eigenvalue weighted by molar-refractivity contribution is 6.36. The highest BCUT2D eigenvalue weighted by Gasteiger charge is 2.10. The minimum absolute atomic E-state index is 0.0720. The average molecular weight is 278 g/mol. The SMILES string of the molecule is CCCOCC(=O)Nc1cc(Cl)cc(Cl)c1O. The zero-order valence-electron chi connectivity index (χ0n) is 9.30. The van der Waals surface area contributed by atoms with Gasteiger partial charge in [-0.3, -0.25) is 4.79 Å². The Hall–Kier alpha value is -0.970. The van der Waals surface area contributed by atoms with Gasteiger partial charge in [-0.05, 0) is 18.6 Å². The molecular formula is C11H13Cl2NO3. The van der Waals surface area contributed by atoms with Gasteiger partial charge >= 0.3 is 0 Å². The van der Waals surface area contributed by atoms with E-state index in [0.717, 1.165) is 6.42 Å². The van der Waals surface area contributed by atoms with Crippen LogP contribution in [0.3, 0.4) is 0 Å². The number of nitrogens with one attached hydrogen (secondary N) is 1. The normalized spacial score (nSPS) is 10.3. The molecule has 0 heterocycles. The molecule has 0 unspecified atom stereocenters. The summed E-state index contributed by atoms with van der Waals surface area (Å²) in [5.41, 5.74) is 0.174. The summed E-state index contributed by atoms with van der Waals surface area (Å²) in [5.74, 6) is -0.577. The standard InChI is InChI=1S/C11H13Cl2NO3/c1-2-3-17-6-10(15)14-9-5-7(12)4-8(13)11(9)16/h4-5,16H,2-3,6H2,1H3,(H,14,15). The summed E-state index contributed by atoms with van der Waals surface area (Å²) in [6, 6.07) is 2.81. The van der Waals surface area contributed by atoms with Gasteiger partial charge in [-0.2, -0.15) is 0 Å². The number of phenols is 1. The van der Waals surface area contributed by atoms with Crippen LogP contribution < -0.4 is 5.32 Å². The Kier molecular flexibility index (Phi) is 5.55. The fourth-order valence-corrected chi connectivity index (χ4v) is 1.65. The summed E-state index contributed by atoms with van der Waals surface area (Å²) in [5, 5.41) is 12.5. The second kappa shape index (κ2) is 6.69. The number of halogens is 2. The number of anilines is 1. The van der Waals surface area contributed by atoms with Crippen molar-refractivity contribution < 1.29 is 14.6 Å². The lowest BCUT2D eigenvalue weighted by Gasteiger charge is -2.09. The molecule has 0 saturated heterocycles. The van der Waals surface area contributed by atoms with Crippen molar-refractivity contribution in [1.82, 2.24) is 0 Å². The lowest BCUT2D eigenvalue weighted by atomic mass is 10.3. The predicted octanol–water partition coefficient (Wildman–Crippen LogP) is 3.06. The zero-order valence-corrected chi connectivity index (χ0v) is 10.8. The average Bonchev–Trinajstić information content (AvgIpc) is 2.25. The Morgan fingerprint density at radius 1 is 1.47 bits per heavy atom. The molecule has 0 radical (unpaired) electrons. The van der Waals surface area contributed by atoms with Crippen molar-refractivity contribution in [3.63, 3.8) is 0 Å². The Bertz CT molecular complexity index is 410. The molecule has 0 atom stereocenters. The predicted molar refractivity (Wildman–Crippen MR) is 67.9 cm³/mol. The van der Waals surface area contributed by atoms with Crippen LogP contribution in [0.2, 0.25) is 10.0 Å². The Morgan fingerprint density at radius 3 is 2.82 bits per heavy atom. The van der Waals surface area contributed by atoms with E-state index in [4.69, 9.17) is 27.9 Å². The van der Waals surface area contributed by atoms with Crippen molar-refractivity contribution >= 4 is 34.8 Å². The molecule has 0 aromatic heterocycles. The number of benzene rings is 1. The largest absolute Gasteiger partial charge is 0.504 e. The minimum Gasteiger partial charge on any atom is -0.504 e. The molecule has 0 aliphatic rings. The molecule has 1 aromatic rings. The van der Waals surface area contributed by atoms with E-state index in [9.17, 15) is 9.90 Å². The van der Waals surface area contributed by atoms with E-state index in [0.29, 0.717) is 11.6 Å². The fraction of sp³-hybridized carbons (Fsp3) is 0.364. The Balaban J connectivity index is 2.65. The van der Waals surface area contributed by atoms with Crippen molar-refractivity contribution in [2.24, 2.45) is 0 Å². The van der Waals surface area contributed by atoms with Gasteiger partial charge in [0.25, 0.3) is 0 Å². The van der Waals surface area contributed by atoms with Gasteiger partial charge in [-0.1, -0.05) is 30.1 Å². The number of carbonyl (C=O) groups is 1. The molecule has 0 fully saturated rings. The maximum Gasteiger partial charge on any atom is 0.250 e. The number of hydrogen-bond donors (Lipinski definition) is 2. The third-order valence-electron chi connectivity index (χ3n) is 1.88. The Labute approximate surface area is 109 Å². The molecule has 1 rings (SSSR count). The van der Waals surface area contributed by atoms with Gasteiger partial charge in [0, 0.05) is 11.6 Å². The van der Waals surface area contributed by atoms with E-state index in [1.54, 1.807) is 0 Å². The number of hydrogen-bond acceptors (Lipinski definition) is 3. The van der Waals surface area contributed by atoms with Gasteiger partial charge in [-0.15, -0.1) is 0 Å². The molecule has 2 N–H and O–H groups in total. The maximum atomic E-state index is 11.4. The quantitative estimate of drug-likeness (QED) is 0.642. The number of amides is 1. The molecule has 0 spiro atoms. The number of ether oxygens (including phenoxy) is 1. The van der Waals surface area contributed by atoms with Crippen LogP contribution in [-0.2, 0) is 9.53 Å². The lowest BCUT2D eigenvalue weighted by molar-refractivity contribution is -0.120. The minimum atomic E-state index is -0.368. The van der Waals surface area contributed by atoms with Crippen molar-refractivity contribution in [1.29, 1.82) is 0 Å². The summed E-state index contributed by atoms with van der Waals surface area (Å²) in [6.45, 7) is 2.38. The number of phenolic OH excluding ortho intramolecular Hbond substituents is 1. The number of carbonyl (C=O) groups excluding carboxylic acids is 1. The van der Waals surface area contributed by atoms with Crippen LogP contribution in [-0.4, -0.2) is 24.2 Å². The number of rotatable bonds is 5. The molecule has 4 nitrogen and oxygen atoms in total. The summed E-state index contributed by atoms with van der Waals surface area (Å²) in [7, 11) is 0. The fourth-order valence-electron chi connectivity index (χ4n) is 1.16. The van der Waals surface area contributed by atoms with Crippen LogP contribution in [0.1, 0.15) is 13.3 Å². The van der Waals surface area contributed by atoms with Crippen LogP contribution in [0.4, 0.5) is 5.69 Å². The third kappa shape index (κ3) is 4.42. The van der Waals surface area contributed by atoms with Crippen LogP contribution in [0, 0.1) is 0 Å². The zero-order chi connectivity index (χ0) is 12.8. The Morgan fingerprint density at radius 2 is 2.18 bits per heavy atom. The van der Waals surface area contributed by atoms with Gasteiger partial charge in [0.1, 0.15) is 6.61 Å². The van der Waals surface area contributed by atoms with Gasteiger partial charge < -0.3 is 15.2 Å². The van der Waals surface area contributed by atoms with Gasteiger partial charge in [0.05, 0.1) is 10.7 Å². The number of aromatic hydroxyl groups is 1. The van der Waals surface area contributed by atoms with Crippen molar-refractivity contribution in [3.8, 4) is 5.75 Å². The molecule has 0 aliphatic heterocycles. The summed E-state index contributed by atoms with van der Waals surface area (Å²) in [4.78, 5) is 11.4. The molecule has 1 aromatic carbocycles. The van der Waals surface area contributed by atoms with E-state index in [1.807, 2.05) is 6.92 Å². The summed E-state index contributed by atoms with van der Waals surface area (Å²) in [6.07, 6.45) is 0.835. The van der Waals surface area contributed by atoms with Gasteiger partial charge in [0.2, 0.25) is 5.91 Å². The summed E-state index contributed by atoms with van der Waals surface area (Å²) >= 11 is 11.5. The topological polar surface area (TPSA) is 58.6 Å². The van der Waals surface area contributed by atoms with Crippen molar-refractivity contribution in [2.45, 2.75) is 13.3 Å². The maximum absolute atomic E-state index is 11.4. The third-order valence-corrected chi connectivity index (χ3v) is 2.39. The monoisotopic (exact) mass is 277 g/mol. The molecule has 94 valence electrons. The lowest BCUT2D eigenvalue weighted by Crippen LogP contribution is -2.18. The molecule has 6 heteroatoms. The first kappa shape index (κ1) is 14.1. The molecule has 0 bridgehead atoms. The first-order chi connectivity index (χ1) is 8.04. The van der Waals surface area contributed by atoms with Crippen LogP contribution in [0.5, 0.6) is 5.75 Å². The van der Waals surface area contributed by atoms with Crippen LogP contribution >= 0.6 is 23.2 Å². The summed E-state index contributed by atoms with van der Waals surface area (Å²) < 4.78 is 5.06. The van der Waals surface area contributed by atoms with E-state index >= 15 is 0 Å². The molecule has 1 amide bonds. The molecule has 0 aliphatic carbocycles. The van der Waals surface area contributed by atoms with E-state index in [2.05, 4.69) is 5.32 Å². The van der Waals surface area contributed by atoms with E-state index in [1.165, 1.54) is 12.1 Å². The van der Waals surface area contributed by atoms with E-state index in [-0.39, 0.29) is 29.0 Å². The highest BCUT2D eigenvalue weighted by Crippen LogP contribution is 2.34. The second-order valence-corrected chi connectivity index (χ2v) is 4.23. The first-order valence-corrected chi connectivity index (χ1v) is 5.85. The second-order valence-electron chi connectivity index (χ2n) is 3.38. The van der Waals surface area contributed by atoms with Gasteiger partial charge in [-0.25, -0.2) is 0 Å². The van der Waals surface area contributed by atoms with Crippen molar-refractivity contribution in [3.05, 3.63) is 22.2 Å². The first-order valence-electron chi connectivity index (χ1n) is 5.10.